The molecule has 0 spiro atoms. The average Bonchev–Trinajstić information content (AvgIpc) is 3.13. The molecule has 0 N–H and O–H groups in total. The van der Waals surface area contributed by atoms with Crippen LogP contribution in [0, 0.1) is 11.3 Å². The number of pyridine rings is 2. The lowest BCUT2D eigenvalue weighted by molar-refractivity contribution is 0.0240. The van der Waals surface area contributed by atoms with Crippen LogP contribution in [0.25, 0.3) is 21.9 Å². The fourth-order valence-corrected chi connectivity index (χ4v) is 5.08. The normalized spacial score (nSPS) is 14.9. The van der Waals surface area contributed by atoms with Crippen LogP contribution in [0.2, 0.25) is 25.7 Å². The van der Waals surface area contributed by atoms with E-state index in [0.717, 1.165) is 33.7 Å². The molecule has 1 fully saturated rings. The molecule has 10 heteroatoms. The van der Waals surface area contributed by atoms with E-state index in [1.807, 2.05) is 43.7 Å². The van der Waals surface area contributed by atoms with Gasteiger partial charge in [0.25, 0.3) is 0 Å². The highest BCUT2D eigenvalue weighted by Crippen LogP contribution is 2.35. The number of carbonyl (C=O) groups excluding carboxylic acids is 1. The monoisotopic (exact) mass is 508 g/mol. The van der Waals surface area contributed by atoms with Gasteiger partial charge in [-0.2, -0.15) is 5.26 Å². The Balaban J connectivity index is 1.64. The molecule has 0 aliphatic carbocycles. The second-order valence-corrected chi connectivity index (χ2v) is 17.1. The summed E-state index contributed by atoms with van der Waals surface area (Å²) in [6.45, 7) is 16.2. The lowest BCUT2D eigenvalue weighted by atomic mass is 10.1. The van der Waals surface area contributed by atoms with Gasteiger partial charge < -0.3 is 19.3 Å². The highest BCUT2D eigenvalue weighted by Gasteiger charge is 2.27. The molecule has 1 aliphatic rings. The summed E-state index contributed by atoms with van der Waals surface area (Å²) in [4.78, 5) is 25.6. The first-order valence-corrected chi connectivity index (χ1v) is 16.2. The number of aromatic nitrogens is 3. The minimum atomic E-state index is -1.20. The summed E-state index contributed by atoms with van der Waals surface area (Å²) in [6, 6.07) is 7.08. The van der Waals surface area contributed by atoms with Gasteiger partial charge in [0.1, 0.15) is 29.7 Å². The van der Waals surface area contributed by atoms with Crippen LogP contribution in [-0.2, 0) is 16.2 Å². The minimum absolute atomic E-state index is 0.279. The summed E-state index contributed by atoms with van der Waals surface area (Å²) in [6.07, 6.45) is 3.27. The topological polar surface area (TPSA) is 96.5 Å². The number of fused-ring (bicyclic) bond motifs is 3. The maximum atomic E-state index is 12.5. The molecule has 0 saturated carbocycles. The third-order valence-corrected chi connectivity index (χ3v) is 7.92. The fraction of sp³-hybridized carbons (Fsp3) is 0.538. The number of anilines is 1. The van der Waals surface area contributed by atoms with E-state index in [1.165, 1.54) is 0 Å². The predicted molar refractivity (Wildman–Crippen MR) is 144 cm³/mol. The summed E-state index contributed by atoms with van der Waals surface area (Å²) < 4.78 is 13.7. The van der Waals surface area contributed by atoms with Crippen molar-refractivity contribution >= 4 is 41.8 Å². The molecule has 3 aromatic rings. The minimum Gasteiger partial charge on any atom is -0.444 e. The van der Waals surface area contributed by atoms with Gasteiger partial charge in [0.05, 0.1) is 22.8 Å². The number of hydrogen-bond donors (Lipinski definition) is 0. The molecule has 0 aromatic carbocycles. The van der Waals surface area contributed by atoms with Crippen LogP contribution in [0.1, 0.15) is 26.5 Å². The predicted octanol–water partition coefficient (Wildman–Crippen LogP) is 4.83. The van der Waals surface area contributed by atoms with Crippen molar-refractivity contribution in [3.05, 3.63) is 30.2 Å². The number of amides is 1. The van der Waals surface area contributed by atoms with Gasteiger partial charge in [-0.05, 0) is 38.9 Å². The van der Waals surface area contributed by atoms with Crippen molar-refractivity contribution in [1.82, 2.24) is 19.4 Å². The Morgan fingerprint density at radius 3 is 2.53 bits per heavy atom. The first kappa shape index (κ1) is 25.9. The lowest BCUT2D eigenvalue weighted by Crippen LogP contribution is -2.50. The molecule has 0 atom stereocenters. The Hall–Kier alpha value is -3.16. The van der Waals surface area contributed by atoms with Gasteiger partial charge in [0, 0.05) is 52.4 Å². The second kappa shape index (κ2) is 10.1. The zero-order valence-electron chi connectivity index (χ0n) is 22.2. The van der Waals surface area contributed by atoms with Gasteiger partial charge >= 0.3 is 6.09 Å². The average molecular weight is 509 g/mol. The zero-order valence-corrected chi connectivity index (χ0v) is 23.2. The fourth-order valence-electron chi connectivity index (χ4n) is 4.33. The van der Waals surface area contributed by atoms with E-state index in [0.29, 0.717) is 45.2 Å². The standard InChI is InChI=1S/C26H36N6O3Si/c1-26(2,3)35-25(33)31-11-9-30(10-12-31)21-7-8-28-24-23(21)20-15-19(16-27)29-17-22(20)32(24)18-34-13-14-36(4,5)6/h7-8,15,17H,9-14,18H2,1-6H3. The highest BCUT2D eigenvalue weighted by atomic mass is 28.3. The van der Waals surface area contributed by atoms with E-state index < -0.39 is 13.7 Å². The molecule has 0 radical (unpaired) electrons. The third-order valence-electron chi connectivity index (χ3n) is 6.21. The highest BCUT2D eigenvalue weighted by molar-refractivity contribution is 6.76. The molecule has 4 heterocycles. The summed E-state index contributed by atoms with van der Waals surface area (Å²) in [5.74, 6) is 0. The maximum absolute atomic E-state index is 12.5. The van der Waals surface area contributed by atoms with Crippen LogP contribution in [-0.4, -0.2) is 72.0 Å². The number of carbonyl (C=O) groups is 1. The summed E-state index contributed by atoms with van der Waals surface area (Å²) in [5.41, 5.74) is 2.58. The second-order valence-electron chi connectivity index (χ2n) is 11.5. The van der Waals surface area contributed by atoms with E-state index in [2.05, 4.69) is 35.6 Å². The number of rotatable bonds is 6. The van der Waals surface area contributed by atoms with Crippen molar-refractivity contribution < 1.29 is 14.3 Å². The Kier molecular flexibility index (Phi) is 7.25. The third kappa shape index (κ3) is 5.79. The maximum Gasteiger partial charge on any atom is 0.410 e. The van der Waals surface area contributed by atoms with E-state index in [-0.39, 0.29) is 6.09 Å². The molecule has 1 amide bonds. The van der Waals surface area contributed by atoms with Crippen molar-refractivity contribution in [3.8, 4) is 6.07 Å². The molecule has 1 aliphatic heterocycles. The van der Waals surface area contributed by atoms with Crippen LogP contribution in [0.3, 0.4) is 0 Å². The molecule has 9 nitrogen and oxygen atoms in total. The van der Waals surface area contributed by atoms with Crippen LogP contribution in [0.5, 0.6) is 0 Å². The smallest absolute Gasteiger partial charge is 0.410 e. The zero-order chi connectivity index (χ0) is 26.1. The molecular formula is C26H36N6O3Si. The molecule has 0 bridgehead atoms. The molecular weight excluding hydrogens is 472 g/mol. The molecule has 1 saturated heterocycles. The first-order chi connectivity index (χ1) is 17.0. The SMILES string of the molecule is CC(C)(C)OC(=O)N1CCN(c2ccnc3c2c2cc(C#N)ncc2n3COCC[Si](C)(C)C)CC1. The quantitative estimate of drug-likeness (QED) is 0.348. The van der Waals surface area contributed by atoms with Crippen molar-refractivity contribution in [2.45, 2.75) is 58.8 Å². The van der Waals surface area contributed by atoms with Gasteiger partial charge in [0.2, 0.25) is 0 Å². The lowest BCUT2D eigenvalue weighted by Gasteiger charge is -2.37. The van der Waals surface area contributed by atoms with Crippen molar-refractivity contribution in [1.29, 1.82) is 5.26 Å². The van der Waals surface area contributed by atoms with Gasteiger partial charge in [-0.3, -0.25) is 4.57 Å². The van der Waals surface area contributed by atoms with Crippen LogP contribution < -0.4 is 4.90 Å². The Morgan fingerprint density at radius 2 is 1.89 bits per heavy atom. The number of ether oxygens (including phenoxy) is 2. The van der Waals surface area contributed by atoms with Gasteiger partial charge in [-0.1, -0.05) is 19.6 Å². The Labute approximate surface area is 213 Å². The summed E-state index contributed by atoms with van der Waals surface area (Å²) in [7, 11) is -1.20. The van der Waals surface area contributed by atoms with E-state index in [4.69, 9.17) is 14.5 Å². The summed E-state index contributed by atoms with van der Waals surface area (Å²) >= 11 is 0. The van der Waals surface area contributed by atoms with Crippen LogP contribution >= 0.6 is 0 Å². The van der Waals surface area contributed by atoms with Gasteiger partial charge in [-0.15, -0.1) is 0 Å². The number of piperazine rings is 1. The van der Waals surface area contributed by atoms with Crippen LogP contribution in [0.15, 0.2) is 24.5 Å². The molecule has 0 unspecified atom stereocenters. The molecule has 192 valence electrons. The van der Waals surface area contributed by atoms with Crippen molar-refractivity contribution in [2.24, 2.45) is 0 Å². The number of nitrogens with zero attached hydrogens (tertiary/aromatic N) is 6. The van der Waals surface area contributed by atoms with E-state index >= 15 is 0 Å². The molecule has 3 aromatic heterocycles. The summed E-state index contributed by atoms with van der Waals surface area (Å²) in [5, 5.41) is 11.4. The van der Waals surface area contributed by atoms with Crippen molar-refractivity contribution in [3.63, 3.8) is 0 Å². The van der Waals surface area contributed by atoms with Crippen molar-refractivity contribution in [2.75, 3.05) is 37.7 Å². The first-order valence-electron chi connectivity index (χ1n) is 12.4. The van der Waals surface area contributed by atoms with E-state index in [9.17, 15) is 10.1 Å². The largest absolute Gasteiger partial charge is 0.444 e. The Morgan fingerprint density at radius 1 is 1.17 bits per heavy atom. The molecule has 4 rings (SSSR count). The van der Waals surface area contributed by atoms with E-state index in [1.54, 1.807) is 11.1 Å². The number of nitriles is 1. The number of hydrogen-bond acceptors (Lipinski definition) is 7. The molecule has 36 heavy (non-hydrogen) atoms. The Bertz CT molecular complexity index is 1290. The van der Waals surface area contributed by atoms with Gasteiger partial charge in [-0.25, -0.2) is 14.8 Å². The van der Waals surface area contributed by atoms with Crippen LogP contribution in [0.4, 0.5) is 10.5 Å². The van der Waals surface area contributed by atoms with Gasteiger partial charge in [0.15, 0.2) is 0 Å².